The van der Waals surface area contributed by atoms with Crippen LogP contribution in [0.4, 0.5) is 0 Å². The molecule has 1 amide bonds. The highest BCUT2D eigenvalue weighted by atomic mass is 32.1. The number of ether oxygens (including phenoxy) is 1. The van der Waals surface area contributed by atoms with E-state index in [4.69, 9.17) is 17.0 Å². The second-order valence-electron chi connectivity index (χ2n) is 9.04. The number of fused-ring (bicyclic) bond motifs is 5. The van der Waals surface area contributed by atoms with E-state index < -0.39 is 0 Å². The van der Waals surface area contributed by atoms with Crippen molar-refractivity contribution in [1.82, 2.24) is 20.1 Å². The third-order valence-electron chi connectivity index (χ3n) is 7.52. The molecule has 6 nitrogen and oxygen atoms in total. The van der Waals surface area contributed by atoms with Gasteiger partial charge in [0.15, 0.2) is 10.6 Å². The largest absolute Gasteiger partial charge is 0.494 e. The van der Waals surface area contributed by atoms with Crippen LogP contribution in [0.5, 0.6) is 5.75 Å². The van der Waals surface area contributed by atoms with E-state index in [1.165, 1.54) is 32.1 Å². The van der Waals surface area contributed by atoms with Crippen molar-refractivity contribution in [3.8, 4) is 17.1 Å². The molecule has 5 rings (SSSR count). The molecule has 2 aromatic rings. The number of H-pyrrole nitrogens is 1. The molecule has 0 saturated heterocycles. The lowest BCUT2D eigenvalue weighted by molar-refractivity contribution is -0.122. The Kier molecular flexibility index (Phi) is 5.39. The fourth-order valence-corrected chi connectivity index (χ4v) is 6.56. The Morgan fingerprint density at radius 1 is 1.23 bits per heavy atom. The SMILES string of the molecule is CCOc1ccc(-c2n[nH]c(=S)n2CCC(=O)N[C@@H]2C[C@H]3C[C@H]2[C@@H]2CCC[C@@H]32)cc1. The van der Waals surface area contributed by atoms with Crippen LogP contribution < -0.4 is 10.1 Å². The molecule has 160 valence electrons. The van der Waals surface area contributed by atoms with Gasteiger partial charge in [-0.25, -0.2) is 0 Å². The lowest BCUT2D eigenvalue weighted by atomic mass is 9.79. The monoisotopic (exact) mass is 426 g/mol. The molecule has 1 aromatic carbocycles. The summed E-state index contributed by atoms with van der Waals surface area (Å²) < 4.78 is 7.97. The quantitative estimate of drug-likeness (QED) is 0.646. The number of benzene rings is 1. The van der Waals surface area contributed by atoms with Crippen LogP contribution in [0.1, 0.15) is 45.4 Å². The van der Waals surface area contributed by atoms with Gasteiger partial charge in [0.05, 0.1) is 6.61 Å². The van der Waals surface area contributed by atoms with Crippen molar-refractivity contribution in [2.75, 3.05) is 6.61 Å². The zero-order chi connectivity index (χ0) is 20.7. The zero-order valence-electron chi connectivity index (χ0n) is 17.5. The lowest BCUT2D eigenvalue weighted by Gasteiger charge is -2.32. The van der Waals surface area contributed by atoms with Gasteiger partial charge in [-0.3, -0.25) is 14.5 Å². The maximum Gasteiger partial charge on any atom is 0.222 e. The van der Waals surface area contributed by atoms with Crippen LogP contribution in [0.2, 0.25) is 0 Å². The fraction of sp³-hybridized carbons (Fsp3) is 0.609. The maximum atomic E-state index is 12.7. The second kappa shape index (κ2) is 8.17. The van der Waals surface area contributed by atoms with E-state index in [0.717, 1.165) is 34.9 Å². The number of amides is 1. The number of nitrogens with one attached hydrogen (secondary N) is 2. The molecule has 2 bridgehead atoms. The van der Waals surface area contributed by atoms with Crippen LogP contribution in [-0.4, -0.2) is 33.3 Å². The first-order chi connectivity index (χ1) is 14.6. The van der Waals surface area contributed by atoms with Gasteiger partial charge < -0.3 is 10.1 Å². The number of rotatable bonds is 7. The molecule has 7 heteroatoms. The Bertz CT molecular complexity index is 966. The molecule has 2 N–H and O–H groups in total. The Morgan fingerprint density at radius 2 is 2.03 bits per heavy atom. The summed E-state index contributed by atoms with van der Waals surface area (Å²) in [5.41, 5.74) is 0.951. The number of hydrogen-bond donors (Lipinski definition) is 2. The van der Waals surface area contributed by atoms with Crippen LogP contribution in [0.25, 0.3) is 11.4 Å². The van der Waals surface area contributed by atoms with Gasteiger partial charge in [-0.1, -0.05) is 6.42 Å². The normalized spacial score (nSPS) is 29.2. The van der Waals surface area contributed by atoms with Gasteiger partial charge in [-0.05, 0) is 92.8 Å². The van der Waals surface area contributed by atoms with Gasteiger partial charge in [0, 0.05) is 24.6 Å². The van der Waals surface area contributed by atoms with E-state index in [-0.39, 0.29) is 5.91 Å². The third-order valence-corrected chi connectivity index (χ3v) is 7.83. The number of carbonyl (C=O) groups excluding carboxylic acids is 1. The standard InChI is InChI=1S/C23H30N4O2S/c1-2-29-16-8-6-14(7-9-16)22-25-26-23(30)27(22)11-10-21(28)24-20-13-15-12-19(20)18-5-3-4-17(15)18/h6-9,15,17-20H,2-5,10-13H2,1H3,(H,24,28)(H,26,30)/t15-,17+,18-,19+,20-/m1/s1. The topological polar surface area (TPSA) is 71.9 Å². The summed E-state index contributed by atoms with van der Waals surface area (Å²) in [6, 6.07) is 8.18. The Balaban J connectivity index is 1.21. The smallest absolute Gasteiger partial charge is 0.222 e. The van der Waals surface area contributed by atoms with Crippen molar-refractivity contribution in [3.63, 3.8) is 0 Å². The summed E-state index contributed by atoms with van der Waals surface area (Å²) in [5.74, 6) is 5.08. The van der Waals surface area contributed by atoms with Gasteiger partial charge in [-0.15, -0.1) is 0 Å². The van der Waals surface area contributed by atoms with Crippen LogP contribution in [0.15, 0.2) is 24.3 Å². The minimum absolute atomic E-state index is 0.128. The molecule has 0 aliphatic heterocycles. The van der Waals surface area contributed by atoms with Gasteiger partial charge in [0.25, 0.3) is 0 Å². The molecule has 30 heavy (non-hydrogen) atoms. The molecule has 3 aliphatic rings. The highest BCUT2D eigenvalue weighted by Crippen LogP contribution is 2.58. The minimum Gasteiger partial charge on any atom is -0.494 e. The summed E-state index contributed by atoms with van der Waals surface area (Å²) in [4.78, 5) is 12.7. The summed E-state index contributed by atoms with van der Waals surface area (Å²) >= 11 is 5.42. The van der Waals surface area contributed by atoms with E-state index in [1.807, 2.05) is 35.8 Å². The summed E-state index contributed by atoms with van der Waals surface area (Å²) in [7, 11) is 0. The molecule has 0 radical (unpaired) electrons. The molecule has 5 atom stereocenters. The highest BCUT2D eigenvalue weighted by molar-refractivity contribution is 7.71. The van der Waals surface area contributed by atoms with E-state index in [0.29, 0.717) is 36.3 Å². The Labute approximate surface area is 182 Å². The maximum absolute atomic E-state index is 12.7. The Hall–Kier alpha value is -2.15. The molecule has 3 aliphatic carbocycles. The average Bonchev–Trinajstić information content (AvgIpc) is 3.49. The lowest BCUT2D eigenvalue weighted by Crippen LogP contribution is -2.42. The van der Waals surface area contributed by atoms with Crippen molar-refractivity contribution in [2.45, 2.75) is 58.0 Å². The first-order valence-electron chi connectivity index (χ1n) is 11.3. The van der Waals surface area contributed by atoms with Crippen molar-refractivity contribution >= 4 is 18.1 Å². The van der Waals surface area contributed by atoms with Crippen LogP contribution >= 0.6 is 12.2 Å². The molecule has 3 fully saturated rings. The van der Waals surface area contributed by atoms with Gasteiger partial charge in [0.1, 0.15) is 5.75 Å². The van der Waals surface area contributed by atoms with Crippen LogP contribution in [0.3, 0.4) is 0 Å². The van der Waals surface area contributed by atoms with Crippen molar-refractivity contribution in [3.05, 3.63) is 29.0 Å². The molecule has 1 aromatic heterocycles. The van der Waals surface area contributed by atoms with Gasteiger partial charge in [-0.2, -0.15) is 5.10 Å². The van der Waals surface area contributed by atoms with Crippen molar-refractivity contribution in [1.29, 1.82) is 0 Å². The molecule has 1 heterocycles. The first-order valence-corrected chi connectivity index (χ1v) is 11.7. The number of aromatic amines is 1. The summed E-state index contributed by atoms with van der Waals surface area (Å²) in [6.45, 7) is 3.13. The summed E-state index contributed by atoms with van der Waals surface area (Å²) in [5, 5.41) is 10.6. The van der Waals surface area contributed by atoms with E-state index in [1.54, 1.807) is 0 Å². The van der Waals surface area contributed by atoms with E-state index in [9.17, 15) is 4.79 Å². The van der Waals surface area contributed by atoms with Gasteiger partial charge >= 0.3 is 0 Å². The molecular formula is C23H30N4O2S. The summed E-state index contributed by atoms with van der Waals surface area (Å²) in [6.07, 6.45) is 7.10. The number of hydrogen-bond acceptors (Lipinski definition) is 4. The first kappa shape index (κ1) is 19.8. The average molecular weight is 427 g/mol. The van der Waals surface area contributed by atoms with Crippen molar-refractivity contribution in [2.24, 2.45) is 23.7 Å². The highest BCUT2D eigenvalue weighted by Gasteiger charge is 2.53. The third kappa shape index (κ3) is 3.57. The van der Waals surface area contributed by atoms with E-state index in [2.05, 4.69) is 15.5 Å². The minimum atomic E-state index is 0.128. The predicted molar refractivity (Wildman–Crippen MR) is 118 cm³/mol. The number of nitrogens with zero attached hydrogens (tertiary/aromatic N) is 2. The molecule has 0 unspecified atom stereocenters. The van der Waals surface area contributed by atoms with Crippen molar-refractivity contribution < 1.29 is 9.53 Å². The second-order valence-corrected chi connectivity index (χ2v) is 9.43. The fourth-order valence-electron chi connectivity index (χ4n) is 6.34. The van der Waals surface area contributed by atoms with Gasteiger partial charge in [0.2, 0.25) is 5.91 Å². The van der Waals surface area contributed by atoms with Crippen LogP contribution in [-0.2, 0) is 11.3 Å². The Morgan fingerprint density at radius 3 is 2.83 bits per heavy atom. The number of carbonyl (C=O) groups is 1. The zero-order valence-corrected chi connectivity index (χ0v) is 18.3. The molecule has 3 saturated carbocycles. The predicted octanol–water partition coefficient (Wildman–Crippen LogP) is 4.34. The van der Waals surface area contributed by atoms with E-state index >= 15 is 0 Å². The molecular weight excluding hydrogens is 396 g/mol. The number of aromatic nitrogens is 3. The van der Waals surface area contributed by atoms with Crippen LogP contribution in [0, 0.1) is 28.4 Å². The molecule has 0 spiro atoms.